The van der Waals surface area contributed by atoms with Crippen molar-refractivity contribution in [1.82, 2.24) is 19.7 Å². The highest BCUT2D eigenvalue weighted by Crippen LogP contribution is 2.29. The van der Waals surface area contributed by atoms with Gasteiger partial charge in [0.25, 0.3) is 0 Å². The van der Waals surface area contributed by atoms with E-state index in [0.29, 0.717) is 56.6 Å². The largest absolute Gasteiger partial charge is 0.493 e. The molecule has 34 heavy (non-hydrogen) atoms. The van der Waals surface area contributed by atoms with Crippen molar-refractivity contribution in [2.75, 3.05) is 46.6 Å². The van der Waals surface area contributed by atoms with Crippen LogP contribution in [0.1, 0.15) is 5.56 Å². The molecule has 0 radical (unpaired) electrons. The van der Waals surface area contributed by atoms with E-state index in [4.69, 9.17) is 18.9 Å². The maximum absolute atomic E-state index is 13.1. The van der Waals surface area contributed by atoms with Crippen LogP contribution < -0.4 is 14.2 Å². The topological polar surface area (TPSA) is 91.1 Å². The van der Waals surface area contributed by atoms with E-state index in [1.54, 1.807) is 19.8 Å². The van der Waals surface area contributed by atoms with E-state index in [9.17, 15) is 9.50 Å². The quantitative estimate of drug-likeness (QED) is 0.480. The Morgan fingerprint density at radius 1 is 1.09 bits per heavy atom. The van der Waals surface area contributed by atoms with Gasteiger partial charge in [-0.25, -0.2) is 4.39 Å². The normalized spacial score (nSPS) is 18.9. The molecule has 1 fully saturated rings. The van der Waals surface area contributed by atoms with Crippen LogP contribution >= 0.6 is 0 Å². The zero-order valence-corrected chi connectivity index (χ0v) is 19.1. The summed E-state index contributed by atoms with van der Waals surface area (Å²) in [6, 6.07) is 11.5. The Bertz CT molecular complexity index is 1030. The second-order valence-electron chi connectivity index (χ2n) is 8.26. The smallest absolute Gasteiger partial charge is 0.161 e. The van der Waals surface area contributed by atoms with E-state index in [2.05, 4.69) is 15.1 Å². The Morgan fingerprint density at radius 3 is 2.65 bits per heavy atom. The first-order chi connectivity index (χ1) is 16.5. The number of hydrogen-bond acceptors (Lipinski definition) is 8. The highest BCUT2D eigenvalue weighted by molar-refractivity contribution is 5.43. The number of ether oxygens (including phenoxy) is 4. The molecule has 2 heterocycles. The number of methoxy groups -OCH3 is 1. The Hall–Kier alpha value is -3.21. The summed E-state index contributed by atoms with van der Waals surface area (Å²) in [5, 5.41) is 18.7. The molecule has 0 amide bonds. The predicted molar refractivity (Wildman–Crippen MR) is 121 cm³/mol. The molecule has 0 spiro atoms. The van der Waals surface area contributed by atoms with Gasteiger partial charge in [0, 0.05) is 19.6 Å². The van der Waals surface area contributed by atoms with Crippen molar-refractivity contribution in [1.29, 1.82) is 0 Å². The van der Waals surface area contributed by atoms with E-state index in [1.807, 2.05) is 22.8 Å². The standard InChI is InChI=1S/C24H29FN4O5/c1-31-23-12-19(2-7-22(23)33-11-9-29-17-26-27-18-29)13-28-8-10-32-15-24(30,14-28)16-34-21-5-3-20(25)4-6-21/h2-7,12,17-18,30H,8-11,13-16H2,1H3/t24-/m0/s1. The lowest BCUT2D eigenvalue weighted by molar-refractivity contribution is -0.0646. The van der Waals surface area contributed by atoms with Gasteiger partial charge in [0.05, 0.1) is 26.9 Å². The molecule has 1 N–H and O–H groups in total. The van der Waals surface area contributed by atoms with Crippen LogP contribution in [-0.4, -0.2) is 77.0 Å². The summed E-state index contributed by atoms with van der Waals surface area (Å²) in [5.41, 5.74) is -0.174. The number of rotatable bonds is 10. The van der Waals surface area contributed by atoms with Crippen LogP contribution in [0.15, 0.2) is 55.1 Å². The van der Waals surface area contributed by atoms with Gasteiger partial charge in [0.15, 0.2) is 11.5 Å². The molecule has 182 valence electrons. The third-order valence-corrected chi connectivity index (χ3v) is 5.47. The summed E-state index contributed by atoms with van der Waals surface area (Å²) in [4.78, 5) is 2.11. The van der Waals surface area contributed by atoms with Gasteiger partial charge < -0.3 is 28.6 Å². The first kappa shape index (κ1) is 23.9. The Labute approximate surface area is 197 Å². The lowest BCUT2D eigenvalue weighted by atomic mass is 10.1. The van der Waals surface area contributed by atoms with Gasteiger partial charge >= 0.3 is 0 Å². The summed E-state index contributed by atoms with van der Waals surface area (Å²) in [7, 11) is 1.61. The van der Waals surface area contributed by atoms with Crippen LogP contribution in [0.25, 0.3) is 0 Å². The second-order valence-corrected chi connectivity index (χ2v) is 8.26. The van der Waals surface area contributed by atoms with Crippen molar-refractivity contribution < 1.29 is 28.4 Å². The number of β-amino-alcohol motifs (C(OH)–C–C–N with tert-alkyl or cyclic N) is 1. The molecule has 0 unspecified atom stereocenters. The van der Waals surface area contributed by atoms with Gasteiger partial charge in [0.2, 0.25) is 0 Å². The summed E-state index contributed by atoms with van der Waals surface area (Å²) in [6.45, 7) is 3.42. The van der Waals surface area contributed by atoms with Gasteiger partial charge in [-0.2, -0.15) is 0 Å². The van der Waals surface area contributed by atoms with Crippen molar-refractivity contribution in [3.05, 3.63) is 66.5 Å². The van der Waals surface area contributed by atoms with Crippen molar-refractivity contribution in [2.45, 2.75) is 18.7 Å². The minimum atomic E-state index is -1.19. The summed E-state index contributed by atoms with van der Waals surface area (Å²) >= 11 is 0. The number of halogens is 1. The zero-order valence-electron chi connectivity index (χ0n) is 19.1. The minimum Gasteiger partial charge on any atom is -0.493 e. The summed E-state index contributed by atoms with van der Waals surface area (Å²) in [6.07, 6.45) is 3.28. The molecular weight excluding hydrogens is 443 g/mol. The third-order valence-electron chi connectivity index (χ3n) is 5.47. The molecule has 2 aromatic carbocycles. The first-order valence-corrected chi connectivity index (χ1v) is 11.1. The molecule has 9 nitrogen and oxygen atoms in total. The maximum atomic E-state index is 13.1. The Balaban J connectivity index is 1.34. The van der Waals surface area contributed by atoms with Crippen LogP contribution in [0.2, 0.25) is 0 Å². The van der Waals surface area contributed by atoms with Crippen LogP contribution in [0, 0.1) is 5.82 Å². The van der Waals surface area contributed by atoms with Gasteiger partial charge in [-0.15, -0.1) is 10.2 Å². The molecule has 0 saturated carbocycles. The van der Waals surface area contributed by atoms with Gasteiger partial charge in [0.1, 0.15) is 43.0 Å². The SMILES string of the molecule is COc1cc(CN2CCOC[C@](O)(COc3ccc(F)cc3)C2)ccc1OCCn1cnnc1. The number of nitrogens with zero attached hydrogens (tertiary/aromatic N) is 4. The first-order valence-electron chi connectivity index (χ1n) is 11.1. The molecular formula is C24H29FN4O5. The second kappa shape index (κ2) is 11.3. The lowest BCUT2D eigenvalue weighted by Crippen LogP contribution is -2.48. The number of aromatic nitrogens is 3. The summed E-state index contributed by atoms with van der Waals surface area (Å²) < 4.78 is 37.7. The number of aliphatic hydroxyl groups is 1. The van der Waals surface area contributed by atoms with E-state index >= 15 is 0 Å². The van der Waals surface area contributed by atoms with Crippen LogP contribution in [-0.2, 0) is 17.8 Å². The van der Waals surface area contributed by atoms with E-state index in [1.165, 1.54) is 24.3 Å². The van der Waals surface area contributed by atoms with Crippen molar-refractivity contribution in [3.8, 4) is 17.2 Å². The highest BCUT2D eigenvalue weighted by atomic mass is 19.1. The minimum absolute atomic E-state index is 0.0394. The Kier molecular flexibility index (Phi) is 7.94. The molecule has 1 aliphatic heterocycles. The van der Waals surface area contributed by atoms with Gasteiger partial charge in [-0.05, 0) is 42.0 Å². The van der Waals surface area contributed by atoms with E-state index in [0.717, 1.165) is 5.56 Å². The number of hydrogen-bond donors (Lipinski definition) is 1. The fraction of sp³-hybridized carbons (Fsp3) is 0.417. The Morgan fingerprint density at radius 2 is 1.88 bits per heavy atom. The molecule has 4 rings (SSSR count). The molecule has 0 bridgehead atoms. The van der Waals surface area contributed by atoms with Crippen LogP contribution in [0.4, 0.5) is 4.39 Å². The summed E-state index contributed by atoms with van der Waals surface area (Å²) in [5.74, 6) is 1.46. The van der Waals surface area contributed by atoms with Gasteiger partial charge in [-0.3, -0.25) is 4.90 Å². The average Bonchev–Trinajstić information content (AvgIpc) is 3.29. The third kappa shape index (κ3) is 6.66. The molecule has 3 aromatic rings. The fourth-order valence-electron chi connectivity index (χ4n) is 3.75. The van der Waals surface area contributed by atoms with Gasteiger partial charge in [-0.1, -0.05) is 6.07 Å². The van der Waals surface area contributed by atoms with Crippen molar-refractivity contribution in [2.24, 2.45) is 0 Å². The average molecular weight is 473 g/mol. The molecule has 1 aromatic heterocycles. The number of benzene rings is 2. The maximum Gasteiger partial charge on any atom is 0.161 e. The lowest BCUT2D eigenvalue weighted by Gasteiger charge is -2.30. The molecule has 1 aliphatic rings. The monoisotopic (exact) mass is 472 g/mol. The molecule has 1 saturated heterocycles. The zero-order chi connectivity index (χ0) is 23.8. The van der Waals surface area contributed by atoms with Crippen LogP contribution in [0.5, 0.6) is 17.2 Å². The predicted octanol–water partition coefficient (Wildman–Crippen LogP) is 2.15. The highest BCUT2D eigenvalue weighted by Gasteiger charge is 2.33. The fourth-order valence-corrected chi connectivity index (χ4v) is 3.75. The molecule has 1 atom stereocenters. The van der Waals surface area contributed by atoms with Crippen molar-refractivity contribution >= 4 is 0 Å². The molecule has 10 heteroatoms. The van der Waals surface area contributed by atoms with E-state index in [-0.39, 0.29) is 19.0 Å². The van der Waals surface area contributed by atoms with Crippen molar-refractivity contribution in [3.63, 3.8) is 0 Å². The molecule has 0 aliphatic carbocycles. The van der Waals surface area contributed by atoms with E-state index < -0.39 is 5.60 Å². The van der Waals surface area contributed by atoms with Crippen LogP contribution in [0.3, 0.4) is 0 Å².